The van der Waals surface area contributed by atoms with Crippen LogP contribution >= 0.6 is 11.6 Å². The molecular weight excluding hydrogens is 264 g/mol. The average Bonchev–Trinajstić information content (AvgIpc) is 2.34. The number of aryl methyl sites for hydroxylation is 1. The minimum atomic E-state index is -0.403. The van der Waals surface area contributed by atoms with E-state index in [9.17, 15) is 9.59 Å². The maximum absolute atomic E-state index is 12.0. The Morgan fingerprint density at radius 2 is 2.16 bits per heavy atom. The first kappa shape index (κ1) is 15.8. The highest BCUT2D eigenvalue weighted by molar-refractivity contribution is 6.31. The molecule has 0 aliphatic rings. The fraction of sp³-hybridized carbons (Fsp3) is 0.571. The molecular formula is C14H21ClN2O2. The van der Waals surface area contributed by atoms with Crippen LogP contribution in [0.25, 0.3) is 0 Å². The number of hydrogen-bond donors (Lipinski definition) is 2. The molecule has 1 rings (SSSR count). The molecule has 0 bridgehead atoms. The highest BCUT2D eigenvalue weighted by Crippen LogP contribution is 2.11. The monoisotopic (exact) mass is 284 g/mol. The Morgan fingerprint density at radius 3 is 2.79 bits per heavy atom. The summed E-state index contributed by atoms with van der Waals surface area (Å²) in [5.41, 5.74) is 0.234. The van der Waals surface area contributed by atoms with E-state index in [1.807, 2.05) is 6.92 Å². The number of nitrogens with one attached hydrogen (secondary N) is 2. The smallest absolute Gasteiger partial charge is 0.261 e. The number of hydrogen-bond acceptors (Lipinski definition) is 2. The molecule has 1 aromatic heterocycles. The topological polar surface area (TPSA) is 62.0 Å². The molecule has 0 fully saturated rings. The van der Waals surface area contributed by atoms with Gasteiger partial charge < -0.3 is 10.3 Å². The number of carbonyl (C=O) groups excluding carboxylic acids is 1. The molecule has 0 aliphatic carbocycles. The Bertz CT molecular complexity index is 497. The van der Waals surface area contributed by atoms with E-state index in [4.69, 9.17) is 11.6 Å². The Kier molecular flexibility index (Phi) is 6.09. The summed E-state index contributed by atoms with van der Waals surface area (Å²) in [6.07, 6.45) is 4.28. The first-order valence-corrected chi connectivity index (χ1v) is 7.03. The van der Waals surface area contributed by atoms with Crippen molar-refractivity contribution in [3.05, 3.63) is 32.7 Å². The molecule has 0 aromatic carbocycles. The fourth-order valence-corrected chi connectivity index (χ4v) is 2.00. The van der Waals surface area contributed by atoms with Crippen molar-refractivity contribution < 1.29 is 4.79 Å². The van der Waals surface area contributed by atoms with Crippen LogP contribution in [0.4, 0.5) is 0 Å². The van der Waals surface area contributed by atoms with Crippen molar-refractivity contribution in [1.29, 1.82) is 0 Å². The first-order chi connectivity index (χ1) is 8.95. The molecule has 2 N–H and O–H groups in total. The van der Waals surface area contributed by atoms with Gasteiger partial charge in [0.15, 0.2) is 0 Å². The highest BCUT2D eigenvalue weighted by atomic mass is 35.5. The van der Waals surface area contributed by atoms with Crippen LogP contribution < -0.4 is 10.9 Å². The van der Waals surface area contributed by atoms with Crippen LogP contribution in [-0.2, 0) is 0 Å². The predicted molar refractivity (Wildman–Crippen MR) is 77.9 cm³/mol. The van der Waals surface area contributed by atoms with Crippen LogP contribution in [-0.4, -0.2) is 16.9 Å². The summed E-state index contributed by atoms with van der Waals surface area (Å²) in [6, 6.07) is 1.47. The molecule has 106 valence electrons. The van der Waals surface area contributed by atoms with E-state index in [0.29, 0.717) is 10.7 Å². The van der Waals surface area contributed by atoms with Gasteiger partial charge in [-0.3, -0.25) is 9.59 Å². The van der Waals surface area contributed by atoms with E-state index in [1.165, 1.54) is 6.07 Å². The van der Waals surface area contributed by atoms with E-state index < -0.39 is 5.56 Å². The average molecular weight is 285 g/mol. The summed E-state index contributed by atoms with van der Waals surface area (Å²) in [7, 11) is 0. The zero-order valence-corrected chi connectivity index (χ0v) is 12.4. The van der Waals surface area contributed by atoms with Crippen LogP contribution in [0.3, 0.4) is 0 Å². The minimum Gasteiger partial charge on any atom is -0.349 e. The molecule has 1 heterocycles. The van der Waals surface area contributed by atoms with Gasteiger partial charge in [-0.15, -0.1) is 0 Å². The van der Waals surface area contributed by atoms with Crippen molar-refractivity contribution in [2.75, 3.05) is 0 Å². The highest BCUT2D eigenvalue weighted by Gasteiger charge is 2.14. The van der Waals surface area contributed by atoms with Crippen molar-refractivity contribution in [1.82, 2.24) is 10.3 Å². The predicted octanol–water partition coefficient (Wildman–Crippen LogP) is 3.04. The zero-order valence-electron chi connectivity index (χ0n) is 11.7. The van der Waals surface area contributed by atoms with Crippen molar-refractivity contribution in [3.8, 4) is 0 Å². The number of halogens is 1. The first-order valence-electron chi connectivity index (χ1n) is 6.66. The molecule has 1 atom stereocenters. The van der Waals surface area contributed by atoms with E-state index in [1.54, 1.807) is 6.92 Å². The summed E-state index contributed by atoms with van der Waals surface area (Å²) in [4.78, 5) is 26.2. The second-order valence-corrected chi connectivity index (χ2v) is 5.26. The standard InChI is InChI=1S/C14H21ClN2O2/c1-4-5-6-7-9(2)16-13(18)11-8-12(15)10(3)17-14(11)19/h8-9H,4-7H2,1-3H3,(H,16,18)(H,17,19)/t9-/m0/s1. The number of amides is 1. The zero-order chi connectivity index (χ0) is 14.4. The molecule has 0 saturated heterocycles. The van der Waals surface area contributed by atoms with Crippen LogP contribution in [0.5, 0.6) is 0 Å². The van der Waals surface area contributed by atoms with Gasteiger partial charge in [0.25, 0.3) is 11.5 Å². The van der Waals surface area contributed by atoms with Crippen LogP contribution in [0.1, 0.15) is 55.6 Å². The summed E-state index contributed by atoms with van der Waals surface area (Å²) in [6.45, 7) is 5.77. The second kappa shape index (κ2) is 7.34. The molecule has 4 nitrogen and oxygen atoms in total. The molecule has 1 aromatic rings. The molecule has 0 radical (unpaired) electrons. The molecule has 1 amide bonds. The number of aromatic nitrogens is 1. The van der Waals surface area contributed by atoms with Crippen molar-refractivity contribution in [2.24, 2.45) is 0 Å². The van der Waals surface area contributed by atoms with E-state index in [-0.39, 0.29) is 17.5 Å². The van der Waals surface area contributed by atoms with Gasteiger partial charge in [-0.25, -0.2) is 0 Å². The summed E-state index contributed by atoms with van der Waals surface area (Å²) in [5.74, 6) is -0.368. The van der Waals surface area contributed by atoms with Gasteiger partial charge in [0, 0.05) is 11.7 Å². The Balaban J connectivity index is 2.68. The Morgan fingerprint density at radius 1 is 1.47 bits per heavy atom. The third-order valence-corrected chi connectivity index (χ3v) is 3.43. The maximum atomic E-state index is 12.0. The molecule has 0 unspecified atom stereocenters. The van der Waals surface area contributed by atoms with Gasteiger partial charge in [0.05, 0.1) is 5.02 Å². The summed E-state index contributed by atoms with van der Waals surface area (Å²) >= 11 is 5.92. The van der Waals surface area contributed by atoms with Gasteiger partial charge in [-0.05, 0) is 26.3 Å². The second-order valence-electron chi connectivity index (χ2n) is 4.86. The minimum absolute atomic E-state index is 0.0542. The number of carbonyl (C=O) groups is 1. The lowest BCUT2D eigenvalue weighted by molar-refractivity contribution is 0.0936. The maximum Gasteiger partial charge on any atom is 0.261 e. The Labute approximate surface area is 118 Å². The van der Waals surface area contributed by atoms with E-state index in [2.05, 4.69) is 17.2 Å². The van der Waals surface area contributed by atoms with Gasteiger partial charge in [0.2, 0.25) is 0 Å². The lowest BCUT2D eigenvalue weighted by Crippen LogP contribution is -2.36. The number of H-pyrrole nitrogens is 1. The third kappa shape index (κ3) is 4.71. The van der Waals surface area contributed by atoms with E-state index >= 15 is 0 Å². The number of aromatic amines is 1. The molecule has 19 heavy (non-hydrogen) atoms. The van der Waals surface area contributed by atoms with Crippen LogP contribution in [0.2, 0.25) is 5.02 Å². The van der Waals surface area contributed by atoms with Crippen molar-refractivity contribution in [3.63, 3.8) is 0 Å². The fourth-order valence-electron chi connectivity index (χ4n) is 1.84. The van der Waals surface area contributed by atoms with Gasteiger partial charge in [0.1, 0.15) is 5.56 Å². The van der Waals surface area contributed by atoms with Gasteiger partial charge in [-0.2, -0.15) is 0 Å². The lowest BCUT2D eigenvalue weighted by atomic mass is 10.1. The van der Waals surface area contributed by atoms with Gasteiger partial charge >= 0.3 is 0 Å². The number of unbranched alkanes of at least 4 members (excludes halogenated alkanes) is 2. The third-order valence-electron chi connectivity index (χ3n) is 3.04. The number of pyridine rings is 1. The van der Waals surface area contributed by atoms with Crippen molar-refractivity contribution in [2.45, 2.75) is 52.5 Å². The van der Waals surface area contributed by atoms with Crippen LogP contribution in [0.15, 0.2) is 10.9 Å². The molecule has 0 saturated carbocycles. The molecule has 0 spiro atoms. The van der Waals surface area contributed by atoms with Crippen molar-refractivity contribution >= 4 is 17.5 Å². The summed E-state index contributed by atoms with van der Waals surface area (Å²) in [5, 5.41) is 3.22. The quantitative estimate of drug-likeness (QED) is 0.789. The van der Waals surface area contributed by atoms with E-state index in [0.717, 1.165) is 25.7 Å². The van der Waals surface area contributed by atoms with Crippen LogP contribution in [0, 0.1) is 6.92 Å². The number of rotatable bonds is 6. The molecule has 0 aliphatic heterocycles. The summed E-state index contributed by atoms with van der Waals surface area (Å²) < 4.78 is 0. The largest absolute Gasteiger partial charge is 0.349 e. The van der Waals surface area contributed by atoms with Gasteiger partial charge in [-0.1, -0.05) is 37.8 Å². The SMILES string of the molecule is CCCCC[C@H](C)NC(=O)c1cc(Cl)c(C)[nH]c1=O. The molecule has 5 heteroatoms. The Hall–Kier alpha value is -1.29. The normalized spacial score (nSPS) is 12.2. The lowest BCUT2D eigenvalue weighted by Gasteiger charge is -2.13.